The number of hydrogen-bond donors (Lipinski definition) is 0. The van der Waals surface area contributed by atoms with E-state index in [1.807, 2.05) is 30.3 Å². The van der Waals surface area contributed by atoms with Crippen LogP contribution in [0.5, 0.6) is 5.75 Å². The fourth-order valence-corrected chi connectivity index (χ4v) is 3.41. The van der Waals surface area contributed by atoms with Gasteiger partial charge in [-0.3, -0.25) is 0 Å². The number of rotatable bonds is 3. The van der Waals surface area contributed by atoms with Gasteiger partial charge in [0.25, 0.3) is 0 Å². The number of para-hydroxylation sites is 1. The highest BCUT2D eigenvalue weighted by molar-refractivity contribution is 5.89. The van der Waals surface area contributed by atoms with Crippen LogP contribution in [0.2, 0.25) is 0 Å². The zero-order valence-corrected chi connectivity index (χ0v) is 13.1. The lowest BCUT2D eigenvalue weighted by Gasteiger charge is -2.27. The van der Waals surface area contributed by atoms with E-state index in [2.05, 4.69) is 33.1 Å². The molecule has 4 heteroatoms. The van der Waals surface area contributed by atoms with E-state index in [0.29, 0.717) is 6.04 Å². The van der Waals surface area contributed by atoms with Gasteiger partial charge in [0.1, 0.15) is 17.9 Å². The second kappa shape index (κ2) is 5.88. The van der Waals surface area contributed by atoms with Crippen LogP contribution in [0.1, 0.15) is 24.4 Å². The smallest absolute Gasteiger partial charge is 0.140 e. The maximum atomic E-state index is 5.27. The Balaban J connectivity index is 1.74. The lowest BCUT2D eigenvalue weighted by Crippen LogP contribution is -2.23. The maximum absolute atomic E-state index is 5.27. The Hall–Kier alpha value is -2.62. The molecule has 3 aromatic rings. The zero-order valence-electron chi connectivity index (χ0n) is 13.1. The molecule has 0 bridgehead atoms. The zero-order chi connectivity index (χ0) is 15.6. The van der Waals surface area contributed by atoms with Crippen LogP contribution in [-0.4, -0.2) is 23.6 Å². The molecule has 0 N–H and O–H groups in total. The van der Waals surface area contributed by atoms with Crippen LogP contribution in [0.15, 0.2) is 54.9 Å². The van der Waals surface area contributed by atoms with Gasteiger partial charge in [-0.25, -0.2) is 9.97 Å². The van der Waals surface area contributed by atoms with Crippen molar-refractivity contribution in [2.45, 2.75) is 18.9 Å². The van der Waals surface area contributed by atoms with Gasteiger partial charge in [-0.1, -0.05) is 24.3 Å². The Morgan fingerprint density at radius 1 is 1.04 bits per heavy atom. The molecule has 1 atom stereocenters. The summed E-state index contributed by atoms with van der Waals surface area (Å²) in [6.45, 7) is 1.03. The van der Waals surface area contributed by atoms with Crippen LogP contribution in [0, 0.1) is 0 Å². The molecule has 1 fully saturated rings. The highest BCUT2D eigenvalue weighted by Crippen LogP contribution is 2.38. The molecule has 0 amide bonds. The van der Waals surface area contributed by atoms with Crippen LogP contribution in [0.3, 0.4) is 0 Å². The van der Waals surface area contributed by atoms with Gasteiger partial charge in [0.2, 0.25) is 0 Å². The normalized spacial score (nSPS) is 17.6. The molecule has 2 aromatic carbocycles. The molecule has 116 valence electrons. The van der Waals surface area contributed by atoms with E-state index in [9.17, 15) is 0 Å². The highest BCUT2D eigenvalue weighted by Gasteiger charge is 2.28. The molecule has 1 aliphatic heterocycles. The maximum Gasteiger partial charge on any atom is 0.140 e. The van der Waals surface area contributed by atoms with Crippen LogP contribution < -0.4 is 9.64 Å². The summed E-state index contributed by atoms with van der Waals surface area (Å²) in [5.41, 5.74) is 2.31. The Morgan fingerprint density at radius 2 is 1.87 bits per heavy atom. The van der Waals surface area contributed by atoms with Crippen molar-refractivity contribution in [3.05, 3.63) is 60.4 Å². The molecule has 1 unspecified atom stereocenters. The summed E-state index contributed by atoms with van der Waals surface area (Å²) in [4.78, 5) is 11.4. The summed E-state index contributed by atoms with van der Waals surface area (Å²) in [6, 6.07) is 17.0. The highest BCUT2D eigenvalue weighted by atomic mass is 16.5. The third-order valence-corrected chi connectivity index (χ3v) is 4.55. The van der Waals surface area contributed by atoms with Gasteiger partial charge in [0, 0.05) is 11.9 Å². The van der Waals surface area contributed by atoms with Gasteiger partial charge in [-0.15, -0.1) is 0 Å². The SMILES string of the molecule is COc1ccc(C2CCCN2c2ncnc3ccccc23)cc1. The average Bonchev–Trinajstić information content (AvgIpc) is 3.11. The summed E-state index contributed by atoms with van der Waals surface area (Å²) in [5.74, 6) is 1.93. The summed E-state index contributed by atoms with van der Waals surface area (Å²) < 4.78 is 5.27. The van der Waals surface area contributed by atoms with Crippen LogP contribution in [0.25, 0.3) is 10.9 Å². The molecule has 23 heavy (non-hydrogen) atoms. The van der Waals surface area contributed by atoms with E-state index >= 15 is 0 Å². The fraction of sp³-hybridized carbons (Fsp3) is 0.263. The quantitative estimate of drug-likeness (QED) is 0.733. The molecule has 0 spiro atoms. The Bertz CT molecular complexity index is 811. The number of ether oxygens (including phenoxy) is 1. The van der Waals surface area contributed by atoms with Crippen molar-refractivity contribution in [1.82, 2.24) is 9.97 Å². The van der Waals surface area contributed by atoms with Gasteiger partial charge in [-0.2, -0.15) is 0 Å². The predicted molar refractivity (Wildman–Crippen MR) is 91.9 cm³/mol. The molecule has 4 nitrogen and oxygen atoms in total. The summed E-state index contributed by atoms with van der Waals surface area (Å²) in [5, 5.41) is 1.12. The van der Waals surface area contributed by atoms with E-state index in [1.165, 1.54) is 12.0 Å². The topological polar surface area (TPSA) is 38.2 Å². The van der Waals surface area contributed by atoms with Crippen molar-refractivity contribution >= 4 is 16.7 Å². The Morgan fingerprint density at radius 3 is 2.70 bits per heavy atom. The molecule has 0 radical (unpaired) electrons. The van der Waals surface area contributed by atoms with Gasteiger partial charge in [0.05, 0.1) is 18.7 Å². The van der Waals surface area contributed by atoms with Crippen molar-refractivity contribution in [1.29, 1.82) is 0 Å². The molecule has 0 saturated carbocycles. The van der Waals surface area contributed by atoms with Crippen LogP contribution in [-0.2, 0) is 0 Å². The van der Waals surface area contributed by atoms with Crippen molar-refractivity contribution < 1.29 is 4.74 Å². The van der Waals surface area contributed by atoms with Gasteiger partial charge in [-0.05, 0) is 42.7 Å². The van der Waals surface area contributed by atoms with E-state index in [-0.39, 0.29) is 0 Å². The van der Waals surface area contributed by atoms with Crippen LogP contribution >= 0.6 is 0 Å². The number of fused-ring (bicyclic) bond motifs is 1. The number of benzene rings is 2. The first-order valence-corrected chi connectivity index (χ1v) is 7.97. The van der Waals surface area contributed by atoms with Crippen LogP contribution in [0.4, 0.5) is 5.82 Å². The Labute approximate surface area is 135 Å². The summed E-state index contributed by atoms with van der Waals surface area (Å²) >= 11 is 0. The minimum atomic E-state index is 0.360. The molecule has 1 aromatic heterocycles. The Kier molecular flexibility index (Phi) is 3.58. The first-order chi connectivity index (χ1) is 11.4. The van der Waals surface area contributed by atoms with E-state index in [1.54, 1.807) is 13.4 Å². The third kappa shape index (κ3) is 2.50. The molecule has 1 aliphatic rings. The number of anilines is 1. The van der Waals surface area contributed by atoms with Crippen molar-refractivity contribution in [3.63, 3.8) is 0 Å². The molecule has 0 aliphatic carbocycles. The molecular formula is C19H19N3O. The third-order valence-electron chi connectivity index (χ3n) is 4.55. The average molecular weight is 305 g/mol. The molecular weight excluding hydrogens is 286 g/mol. The minimum Gasteiger partial charge on any atom is -0.497 e. The largest absolute Gasteiger partial charge is 0.497 e. The molecule has 2 heterocycles. The first kappa shape index (κ1) is 14.0. The minimum absolute atomic E-state index is 0.360. The molecule has 4 rings (SSSR count). The number of hydrogen-bond acceptors (Lipinski definition) is 4. The molecule has 1 saturated heterocycles. The number of methoxy groups -OCH3 is 1. The fourth-order valence-electron chi connectivity index (χ4n) is 3.41. The monoisotopic (exact) mass is 305 g/mol. The van der Waals surface area contributed by atoms with E-state index < -0.39 is 0 Å². The first-order valence-electron chi connectivity index (χ1n) is 7.97. The second-order valence-electron chi connectivity index (χ2n) is 5.84. The second-order valence-corrected chi connectivity index (χ2v) is 5.84. The number of aromatic nitrogens is 2. The van der Waals surface area contributed by atoms with Gasteiger partial charge in [0.15, 0.2) is 0 Å². The predicted octanol–water partition coefficient (Wildman–Crippen LogP) is 3.98. The summed E-state index contributed by atoms with van der Waals surface area (Å²) in [7, 11) is 1.70. The van der Waals surface area contributed by atoms with Crippen molar-refractivity contribution in [3.8, 4) is 5.75 Å². The van der Waals surface area contributed by atoms with E-state index in [4.69, 9.17) is 4.74 Å². The number of nitrogens with zero attached hydrogens (tertiary/aromatic N) is 3. The van der Waals surface area contributed by atoms with E-state index in [0.717, 1.165) is 35.4 Å². The summed E-state index contributed by atoms with van der Waals surface area (Å²) in [6.07, 6.45) is 3.99. The lowest BCUT2D eigenvalue weighted by molar-refractivity contribution is 0.414. The van der Waals surface area contributed by atoms with Crippen molar-refractivity contribution in [2.24, 2.45) is 0 Å². The standard InChI is InChI=1S/C19H19N3O/c1-23-15-10-8-14(9-11-15)18-7-4-12-22(18)19-16-5-2-3-6-17(16)20-13-21-19/h2-3,5-6,8-11,13,18H,4,7,12H2,1H3. The van der Waals surface area contributed by atoms with Gasteiger partial charge >= 0.3 is 0 Å². The van der Waals surface area contributed by atoms with Crippen molar-refractivity contribution in [2.75, 3.05) is 18.6 Å². The lowest BCUT2D eigenvalue weighted by atomic mass is 10.0. The van der Waals surface area contributed by atoms with Gasteiger partial charge < -0.3 is 9.64 Å².